The van der Waals surface area contributed by atoms with Gasteiger partial charge in [-0.05, 0) is 39.7 Å². The maximum Gasteiger partial charge on any atom is 0.411 e. The third-order valence-electron chi connectivity index (χ3n) is 7.94. The number of nitrogens with two attached hydrogens (primary N) is 1. The molecule has 0 radical (unpaired) electrons. The molecule has 0 saturated carbocycles. The van der Waals surface area contributed by atoms with E-state index in [0.717, 1.165) is 19.5 Å². The van der Waals surface area contributed by atoms with Crippen LogP contribution in [0.15, 0.2) is 0 Å². The maximum absolute atomic E-state index is 12.2. The molecule has 0 aliphatic carbocycles. The van der Waals surface area contributed by atoms with Gasteiger partial charge >= 0.3 is 12.4 Å². The van der Waals surface area contributed by atoms with Gasteiger partial charge in [0.2, 0.25) is 0 Å². The average molecular weight is 1040 g/mol. The van der Waals surface area contributed by atoms with Crippen molar-refractivity contribution < 1.29 is 96.7 Å². The van der Waals surface area contributed by atoms with E-state index in [1.54, 1.807) is 13.8 Å². The summed E-state index contributed by atoms with van der Waals surface area (Å²) in [6.07, 6.45) is 1.07. The van der Waals surface area contributed by atoms with E-state index in [1.807, 2.05) is 13.8 Å². The predicted octanol–water partition coefficient (Wildman–Crippen LogP) is 4.85. The second kappa shape index (κ2) is 40.3. The molecule has 0 amide bonds. The van der Waals surface area contributed by atoms with Crippen molar-refractivity contribution in [1.29, 1.82) is 0 Å². The number of quaternary nitrogens is 1. The van der Waals surface area contributed by atoms with E-state index in [1.165, 1.54) is 58.8 Å². The molecule has 61 heavy (non-hydrogen) atoms. The van der Waals surface area contributed by atoms with Crippen LogP contribution in [-0.4, -0.2) is 167 Å². The Morgan fingerprint density at radius 2 is 0.869 bits per heavy atom. The highest BCUT2D eigenvalue weighted by atomic mass is 79.9. The van der Waals surface area contributed by atoms with Crippen LogP contribution in [0.5, 0.6) is 0 Å². The number of aliphatic hydroxyl groups is 4. The van der Waals surface area contributed by atoms with Crippen LogP contribution in [0, 0.1) is 10.8 Å². The summed E-state index contributed by atoms with van der Waals surface area (Å²) >= 11 is 3.04. The molecule has 0 bridgehead atoms. The Bertz CT molecular complexity index is 943. The van der Waals surface area contributed by atoms with Crippen LogP contribution >= 0.6 is 15.9 Å². The van der Waals surface area contributed by atoms with Crippen LogP contribution in [0.3, 0.4) is 0 Å². The monoisotopic (exact) mass is 1040 g/mol. The fourth-order valence-electron chi connectivity index (χ4n) is 4.58. The molecule has 0 rings (SSSR count). The number of alkyl halides is 7. The quantitative estimate of drug-likeness (QED) is 0.0206. The SMILES string of the molecule is C.CC.CC(O)(COCBr)COCC(C)(CO)COCC(F)(F)F.CCCCCCN.CCCCCC[N+](C)(C)COCC(C)(O)COCC(C)(CO)COCC(F)(F)F.[Br-]. The molecule has 0 aromatic carbocycles. The Morgan fingerprint density at radius 3 is 1.18 bits per heavy atom. The molecule has 0 saturated heterocycles. The second-order valence-corrected chi connectivity index (χ2v) is 17.1. The summed E-state index contributed by atoms with van der Waals surface area (Å²) in [5.74, 6) is 0. The molecule has 0 aromatic heterocycles. The summed E-state index contributed by atoms with van der Waals surface area (Å²) < 4.78 is 104. The van der Waals surface area contributed by atoms with Gasteiger partial charge in [0, 0.05) is 10.8 Å². The summed E-state index contributed by atoms with van der Waals surface area (Å²) in [6.45, 7) is 12.6. The molecule has 4 unspecified atom stereocenters. The number of unbranched alkanes of at least 4 members (excludes halogenated alkanes) is 6. The second-order valence-electron chi connectivity index (χ2n) is 16.6. The maximum atomic E-state index is 12.2. The van der Waals surface area contributed by atoms with Gasteiger partial charge in [-0.3, -0.25) is 0 Å². The van der Waals surface area contributed by atoms with Crippen LogP contribution in [0.25, 0.3) is 0 Å². The summed E-state index contributed by atoms with van der Waals surface area (Å²) in [4.78, 5) is 0. The molecule has 0 heterocycles. The average Bonchev–Trinajstić information content (AvgIpc) is 3.13. The highest BCUT2D eigenvalue weighted by molar-refractivity contribution is 9.09. The minimum Gasteiger partial charge on any atom is -1.00 e. The van der Waals surface area contributed by atoms with Crippen molar-refractivity contribution in [1.82, 2.24) is 0 Å². The van der Waals surface area contributed by atoms with Gasteiger partial charge in [0.15, 0.2) is 6.73 Å². The Morgan fingerprint density at radius 1 is 0.541 bits per heavy atom. The van der Waals surface area contributed by atoms with Crippen LogP contribution in [0.1, 0.15) is 114 Å². The zero-order valence-corrected chi connectivity index (χ0v) is 41.4. The first kappa shape index (κ1) is 72.7. The number of halogens is 8. The zero-order chi connectivity index (χ0) is 46.7. The lowest BCUT2D eigenvalue weighted by Gasteiger charge is -2.32. The molecular weight excluding hydrogens is 954 g/mol. The van der Waals surface area contributed by atoms with E-state index in [9.17, 15) is 46.8 Å². The van der Waals surface area contributed by atoms with Gasteiger partial charge in [-0.1, -0.05) is 97.0 Å². The molecule has 0 aliphatic rings. The fourth-order valence-corrected chi connectivity index (χ4v) is 4.75. The lowest BCUT2D eigenvalue weighted by Crippen LogP contribution is -3.00. The van der Waals surface area contributed by atoms with Gasteiger partial charge in [-0.15, -0.1) is 0 Å². The minimum absolute atomic E-state index is 0. The fraction of sp³-hybridized carbons (Fsp3) is 1.00. The van der Waals surface area contributed by atoms with Crippen molar-refractivity contribution in [3.63, 3.8) is 0 Å². The van der Waals surface area contributed by atoms with Crippen LogP contribution < -0.4 is 22.7 Å². The van der Waals surface area contributed by atoms with E-state index >= 15 is 0 Å². The number of hydrogen-bond acceptors (Lipinski definition) is 11. The van der Waals surface area contributed by atoms with Crippen molar-refractivity contribution >= 4 is 15.9 Å². The van der Waals surface area contributed by atoms with Gasteiger partial charge in [0.25, 0.3) is 0 Å². The minimum atomic E-state index is -4.42. The van der Waals surface area contributed by atoms with Crippen molar-refractivity contribution in [3.8, 4) is 0 Å². The van der Waals surface area contributed by atoms with Gasteiger partial charge in [-0.25, -0.2) is 0 Å². The van der Waals surface area contributed by atoms with E-state index in [0.29, 0.717) is 11.2 Å². The Labute approximate surface area is 384 Å². The van der Waals surface area contributed by atoms with Gasteiger partial charge in [0.05, 0.1) is 86.7 Å². The third kappa shape index (κ3) is 52.6. The van der Waals surface area contributed by atoms with E-state index < -0.39 is 60.8 Å². The highest BCUT2D eigenvalue weighted by Gasteiger charge is 2.33. The van der Waals surface area contributed by atoms with E-state index in [2.05, 4.69) is 53.3 Å². The first-order chi connectivity index (χ1) is 27.2. The normalized spacial score (nSPS) is 15.6. The molecule has 378 valence electrons. The van der Waals surface area contributed by atoms with E-state index in [4.69, 9.17) is 24.7 Å². The molecule has 0 fully saturated rings. The van der Waals surface area contributed by atoms with Crippen molar-refractivity contribution in [2.75, 3.05) is 119 Å². The highest BCUT2D eigenvalue weighted by Crippen LogP contribution is 2.22. The molecule has 0 aliphatic heterocycles. The van der Waals surface area contributed by atoms with E-state index in [-0.39, 0.29) is 82.8 Å². The largest absolute Gasteiger partial charge is 1.00 e. The molecule has 12 nitrogen and oxygen atoms in total. The zero-order valence-electron chi connectivity index (χ0n) is 38.3. The Balaban J connectivity index is -0.000000207. The first-order valence-corrected chi connectivity index (χ1v) is 21.7. The van der Waals surface area contributed by atoms with Gasteiger partial charge in [-0.2, -0.15) is 26.3 Å². The number of aliphatic hydroxyl groups excluding tert-OH is 2. The summed E-state index contributed by atoms with van der Waals surface area (Å²) in [7, 11) is 4.15. The van der Waals surface area contributed by atoms with Crippen molar-refractivity contribution in [3.05, 3.63) is 0 Å². The Hall–Kier alpha value is 0.0600. The summed E-state index contributed by atoms with van der Waals surface area (Å²) in [5.41, 5.74) is 1.10. The number of rotatable bonds is 32. The van der Waals surface area contributed by atoms with Crippen LogP contribution in [0.2, 0.25) is 0 Å². The molecule has 0 aromatic rings. The van der Waals surface area contributed by atoms with Crippen LogP contribution in [-0.2, 0) is 28.4 Å². The standard InChI is InChI=1S/C20H41F3NO5.C12H22BrF3O5.C6H15N.C2H6.CH4.BrH/c1-6-7-8-9-10-24(4,5)17-29-15-19(3,26)14-27-12-18(2,11-25)13-28-16-20(21,22)23;1-10(3-17,5-20-8-12(14,15)16)4-19-6-11(2,18)7-21-9-13;1-2-3-4-5-6-7;1-2;;/h25-26H,6-17H2,1-5H3;17-18H,3-9H2,1-2H3;2-7H2,1H3;1-2H3;1H4;1H/q+1;;;;;/p-1. The van der Waals surface area contributed by atoms with Crippen molar-refractivity contribution in [2.24, 2.45) is 16.6 Å². The van der Waals surface area contributed by atoms with Crippen LogP contribution in [0.4, 0.5) is 26.3 Å². The van der Waals surface area contributed by atoms with Crippen molar-refractivity contribution in [2.45, 2.75) is 138 Å². The molecule has 6 N–H and O–H groups in total. The van der Waals surface area contributed by atoms with Gasteiger partial charge in [0.1, 0.15) is 29.9 Å². The topological polar surface area (TPSA) is 162 Å². The molecular formula is C41H88Br2F6N2O10. The molecule has 20 heteroatoms. The predicted molar refractivity (Wildman–Crippen MR) is 230 cm³/mol. The number of hydrogen-bond donors (Lipinski definition) is 5. The van der Waals surface area contributed by atoms with Gasteiger partial charge < -0.3 is 76.0 Å². The smallest absolute Gasteiger partial charge is 0.411 e. The lowest BCUT2D eigenvalue weighted by molar-refractivity contribution is -0.910. The molecule has 4 atom stereocenters. The molecule has 0 spiro atoms. The third-order valence-corrected chi connectivity index (χ3v) is 8.27. The lowest BCUT2D eigenvalue weighted by atomic mass is 9.94. The Kier molecular flexibility index (Phi) is 48.1. The number of nitrogens with zero attached hydrogens (tertiary/aromatic N) is 1. The summed E-state index contributed by atoms with van der Waals surface area (Å²) in [6, 6.07) is 0. The first-order valence-electron chi connectivity index (χ1n) is 20.5. The summed E-state index contributed by atoms with van der Waals surface area (Å²) in [5, 5.41) is 39.0. The number of ether oxygens (including phenoxy) is 6.